The molecule has 2 nitrogen and oxygen atoms in total. The van der Waals surface area contributed by atoms with Gasteiger partial charge in [0.15, 0.2) is 0 Å². The molecular weight excluding hydrogens is 316 g/mol. The molecule has 1 aliphatic rings. The van der Waals surface area contributed by atoms with Gasteiger partial charge in [-0.2, -0.15) is 0 Å². The van der Waals surface area contributed by atoms with E-state index in [4.69, 9.17) is 21.1 Å². The minimum absolute atomic E-state index is 0.0188. The molecule has 1 aromatic rings. The summed E-state index contributed by atoms with van der Waals surface area (Å²) >= 11 is 10.1. The third kappa shape index (κ3) is 2.62. The van der Waals surface area contributed by atoms with E-state index in [9.17, 15) is 0 Å². The van der Waals surface area contributed by atoms with Crippen LogP contribution in [-0.2, 0) is 0 Å². The van der Waals surface area contributed by atoms with Crippen molar-refractivity contribution >= 4 is 27.5 Å². The monoisotopic (exact) mass is 332 g/mol. The zero-order valence-corrected chi connectivity index (χ0v) is 13.2. The van der Waals surface area contributed by atoms with Crippen LogP contribution in [0.2, 0.25) is 0 Å². The van der Waals surface area contributed by atoms with E-state index in [1.807, 2.05) is 12.1 Å². The van der Waals surface area contributed by atoms with Crippen LogP contribution in [0.3, 0.4) is 0 Å². The van der Waals surface area contributed by atoms with Crippen molar-refractivity contribution in [3.8, 4) is 11.5 Å². The minimum Gasteiger partial charge on any atom is -0.495 e. The zero-order chi connectivity index (χ0) is 13.3. The first-order valence-electron chi connectivity index (χ1n) is 6.14. The average Bonchev–Trinajstić information content (AvgIpc) is 3.20. The summed E-state index contributed by atoms with van der Waals surface area (Å²) < 4.78 is 11.6. The number of halogens is 2. The van der Waals surface area contributed by atoms with E-state index in [1.165, 1.54) is 12.8 Å². The lowest BCUT2D eigenvalue weighted by molar-refractivity contribution is 0.380. The fourth-order valence-electron chi connectivity index (χ4n) is 2.28. The lowest BCUT2D eigenvalue weighted by Crippen LogP contribution is -2.08. The number of hydrogen-bond donors (Lipinski definition) is 0. The van der Waals surface area contributed by atoms with Crippen LogP contribution < -0.4 is 9.47 Å². The third-order valence-electron chi connectivity index (χ3n) is 3.64. The van der Waals surface area contributed by atoms with Gasteiger partial charge in [-0.3, -0.25) is 0 Å². The van der Waals surface area contributed by atoms with Gasteiger partial charge < -0.3 is 9.47 Å². The fourth-order valence-corrected chi connectivity index (χ4v) is 3.34. The van der Waals surface area contributed by atoms with E-state index < -0.39 is 0 Å². The summed E-state index contributed by atoms with van der Waals surface area (Å²) in [4.78, 5) is 0. The number of methoxy groups -OCH3 is 2. The molecule has 4 heteroatoms. The first kappa shape index (κ1) is 14.0. The molecule has 1 saturated carbocycles. The van der Waals surface area contributed by atoms with Crippen LogP contribution in [-0.4, -0.2) is 14.2 Å². The van der Waals surface area contributed by atoms with Crippen molar-refractivity contribution in [2.24, 2.45) is 11.8 Å². The summed E-state index contributed by atoms with van der Waals surface area (Å²) in [5.74, 6) is 2.78. The highest BCUT2D eigenvalue weighted by Gasteiger charge is 2.34. The number of rotatable bonds is 5. The van der Waals surface area contributed by atoms with Crippen LogP contribution in [0.4, 0.5) is 0 Å². The summed E-state index contributed by atoms with van der Waals surface area (Å²) in [6.07, 6.45) is 2.59. The summed E-state index contributed by atoms with van der Waals surface area (Å²) in [6, 6.07) is 3.93. The maximum absolute atomic E-state index is 6.60. The van der Waals surface area contributed by atoms with E-state index in [-0.39, 0.29) is 5.38 Å². The van der Waals surface area contributed by atoms with Gasteiger partial charge in [-0.05, 0) is 46.7 Å². The standard InChI is InChI=1S/C14H18BrClO2/c1-8(9-4-5-9)13(16)10-6-7-11(17-2)12(15)14(10)18-3/h6-9,13H,4-5H2,1-3H3. The summed E-state index contributed by atoms with van der Waals surface area (Å²) in [5.41, 5.74) is 1.03. The molecule has 0 aromatic heterocycles. The van der Waals surface area contributed by atoms with Crippen molar-refractivity contribution in [1.29, 1.82) is 0 Å². The first-order chi connectivity index (χ1) is 8.60. The van der Waals surface area contributed by atoms with E-state index >= 15 is 0 Å². The molecule has 100 valence electrons. The van der Waals surface area contributed by atoms with Crippen LogP contribution in [0.15, 0.2) is 16.6 Å². The smallest absolute Gasteiger partial charge is 0.141 e. The average molecular weight is 334 g/mol. The highest BCUT2D eigenvalue weighted by molar-refractivity contribution is 9.10. The lowest BCUT2D eigenvalue weighted by atomic mass is 9.95. The second kappa shape index (κ2) is 5.70. The zero-order valence-electron chi connectivity index (χ0n) is 10.9. The quantitative estimate of drug-likeness (QED) is 0.721. The summed E-state index contributed by atoms with van der Waals surface area (Å²) in [7, 11) is 3.30. The molecule has 2 unspecified atom stereocenters. The second-order valence-electron chi connectivity index (χ2n) is 4.80. The molecule has 0 heterocycles. The molecule has 0 radical (unpaired) electrons. The van der Waals surface area contributed by atoms with Gasteiger partial charge >= 0.3 is 0 Å². The predicted molar refractivity (Wildman–Crippen MR) is 77.7 cm³/mol. The highest BCUT2D eigenvalue weighted by Crippen LogP contribution is 2.49. The third-order valence-corrected chi connectivity index (χ3v) is 5.02. The minimum atomic E-state index is -0.0188. The molecule has 0 N–H and O–H groups in total. The SMILES string of the molecule is COc1ccc(C(Cl)C(C)C2CC2)c(OC)c1Br. The largest absolute Gasteiger partial charge is 0.495 e. The molecule has 0 aliphatic heterocycles. The van der Waals surface area contributed by atoms with Crippen molar-refractivity contribution < 1.29 is 9.47 Å². The maximum Gasteiger partial charge on any atom is 0.141 e. The first-order valence-corrected chi connectivity index (χ1v) is 7.37. The van der Waals surface area contributed by atoms with Crippen molar-refractivity contribution in [3.63, 3.8) is 0 Å². The van der Waals surface area contributed by atoms with Crippen molar-refractivity contribution in [2.45, 2.75) is 25.1 Å². The summed E-state index contributed by atoms with van der Waals surface area (Å²) in [5, 5.41) is -0.0188. The number of benzene rings is 1. The molecule has 1 fully saturated rings. The van der Waals surface area contributed by atoms with Gasteiger partial charge in [0.2, 0.25) is 0 Å². The van der Waals surface area contributed by atoms with E-state index in [0.717, 1.165) is 27.5 Å². The Morgan fingerprint density at radius 3 is 2.44 bits per heavy atom. The van der Waals surface area contributed by atoms with Crippen LogP contribution in [0, 0.1) is 11.8 Å². The second-order valence-corrected chi connectivity index (χ2v) is 6.07. The molecule has 0 spiro atoms. The van der Waals surface area contributed by atoms with Crippen LogP contribution in [0.5, 0.6) is 11.5 Å². The predicted octanol–water partition coefficient (Wildman–Crippen LogP) is 4.79. The number of hydrogen-bond acceptors (Lipinski definition) is 2. The molecule has 1 aromatic carbocycles. The topological polar surface area (TPSA) is 18.5 Å². The van der Waals surface area contributed by atoms with Gasteiger partial charge in [-0.1, -0.05) is 13.0 Å². The van der Waals surface area contributed by atoms with Gasteiger partial charge in [0.25, 0.3) is 0 Å². The van der Waals surface area contributed by atoms with Crippen LogP contribution in [0.25, 0.3) is 0 Å². The van der Waals surface area contributed by atoms with Gasteiger partial charge in [0.1, 0.15) is 16.0 Å². The van der Waals surface area contributed by atoms with E-state index in [0.29, 0.717) is 5.92 Å². The Morgan fingerprint density at radius 2 is 1.94 bits per heavy atom. The Bertz CT molecular complexity index is 432. The van der Waals surface area contributed by atoms with E-state index in [1.54, 1.807) is 14.2 Å². The van der Waals surface area contributed by atoms with Crippen molar-refractivity contribution in [1.82, 2.24) is 0 Å². The van der Waals surface area contributed by atoms with Crippen LogP contribution >= 0.6 is 27.5 Å². The number of ether oxygens (including phenoxy) is 2. The number of alkyl halides is 1. The summed E-state index contributed by atoms with van der Waals surface area (Å²) in [6.45, 7) is 2.22. The molecule has 2 atom stereocenters. The Hall–Kier alpha value is -0.410. The molecule has 0 amide bonds. The fraction of sp³-hybridized carbons (Fsp3) is 0.571. The maximum atomic E-state index is 6.60. The molecule has 2 rings (SSSR count). The van der Waals surface area contributed by atoms with Gasteiger partial charge in [0, 0.05) is 5.56 Å². The normalized spacial score (nSPS) is 18.3. The van der Waals surface area contributed by atoms with Gasteiger partial charge in [-0.25, -0.2) is 0 Å². The highest BCUT2D eigenvalue weighted by atomic mass is 79.9. The molecular formula is C14H18BrClO2. The van der Waals surface area contributed by atoms with Crippen molar-refractivity contribution in [2.75, 3.05) is 14.2 Å². The lowest BCUT2D eigenvalue weighted by Gasteiger charge is -2.21. The molecule has 0 saturated heterocycles. The molecule has 1 aliphatic carbocycles. The Morgan fingerprint density at radius 1 is 1.28 bits per heavy atom. The van der Waals surface area contributed by atoms with E-state index in [2.05, 4.69) is 22.9 Å². The Labute approximate surface area is 122 Å². The van der Waals surface area contributed by atoms with Gasteiger partial charge in [0.05, 0.1) is 19.6 Å². The van der Waals surface area contributed by atoms with Crippen LogP contribution in [0.1, 0.15) is 30.7 Å². The van der Waals surface area contributed by atoms with Crippen molar-refractivity contribution in [3.05, 3.63) is 22.2 Å². The Balaban J connectivity index is 2.34. The molecule has 0 bridgehead atoms. The Kier molecular flexibility index (Phi) is 4.44. The molecule has 18 heavy (non-hydrogen) atoms. The van der Waals surface area contributed by atoms with Gasteiger partial charge in [-0.15, -0.1) is 11.6 Å².